The number of β-amino-alcohol motifs (C(OH)–C–C–N with tert-alkyl or cyclic N) is 1. The predicted octanol–water partition coefficient (Wildman–Crippen LogP) is 1.82. The largest absolute Gasteiger partial charge is 0.392 e. The number of amides is 1. The molecule has 1 saturated heterocycles. The van der Waals surface area contributed by atoms with Gasteiger partial charge in [0.2, 0.25) is 5.91 Å². The number of carbonyl (C=O) groups excluding carboxylic acids is 1. The lowest BCUT2D eigenvalue weighted by Gasteiger charge is -2.26. The minimum absolute atomic E-state index is 0.112. The maximum Gasteiger partial charge on any atom is 0.240 e. The van der Waals surface area contributed by atoms with Gasteiger partial charge in [0.25, 0.3) is 0 Å². The molecular weight excluding hydrogens is 302 g/mol. The number of hydrogen-bond donors (Lipinski definition) is 2. The summed E-state index contributed by atoms with van der Waals surface area (Å²) in [5.41, 5.74) is 0.369. The molecule has 1 aromatic rings. The Morgan fingerprint density at radius 2 is 2.04 bits per heavy atom. The standard InChI is InChI=1S/C19H25N3O2/c20-14-19(8-4-5-9-19)18(24)21-11-16-10-17(23)13-22(16)12-15-6-2-1-3-7-15/h1-3,6-7,16-17,23H,4-5,8-13H2,(H,21,24). The predicted molar refractivity (Wildman–Crippen MR) is 90.8 cm³/mol. The first-order chi connectivity index (χ1) is 11.6. The molecule has 5 nitrogen and oxygen atoms in total. The van der Waals surface area contributed by atoms with Crippen LogP contribution in [0.3, 0.4) is 0 Å². The van der Waals surface area contributed by atoms with Gasteiger partial charge in [-0.2, -0.15) is 5.26 Å². The highest BCUT2D eigenvalue weighted by molar-refractivity contribution is 5.85. The zero-order valence-electron chi connectivity index (χ0n) is 13.9. The first-order valence-corrected chi connectivity index (χ1v) is 8.78. The van der Waals surface area contributed by atoms with Gasteiger partial charge in [-0.1, -0.05) is 43.2 Å². The maximum absolute atomic E-state index is 12.5. The van der Waals surface area contributed by atoms with E-state index in [-0.39, 0.29) is 18.1 Å². The van der Waals surface area contributed by atoms with Crippen LogP contribution in [-0.2, 0) is 11.3 Å². The van der Waals surface area contributed by atoms with Gasteiger partial charge in [-0.15, -0.1) is 0 Å². The summed E-state index contributed by atoms with van der Waals surface area (Å²) < 4.78 is 0. The SMILES string of the molecule is N#CC1(C(=O)NCC2CC(O)CN2Cc2ccccc2)CCCC1. The molecule has 1 heterocycles. The van der Waals surface area contributed by atoms with Gasteiger partial charge in [0, 0.05) is 25.7 Å². The fraction of sp³-hybridized carbons (Fsp3) is 0.579. The molecule has 1 aliphatic carbocycles. The smallest absolute Gasteiger partial charge is 0.240 e. The van der Waals surface area contributed by atoms with Crippen molar-refractivity contribution in [2.45, 2.75) is 50.8 Å². The van der Waals surface area contributed by atoms with Crippen LogP contribution in [0.4, 0.5) is 0 Å². The highest BCUT2D eigenvalue weighted by Crippen LogP contribution is 2.37. The molecular formula is C19H25N3O2. The summed E-state index contributed by atoms with van der Waals surface area (Å²) in [6.07, 6.45) is 3.53. The summed E-state index contributed by atoms with van der Waals surface area (Å²) in [6.45, 7) is 1.88. The number of aliphatic hydroxyl groups excluding tert-OH is 1. The molecule has 2 unspecified atom stereocenters. The number of carbonyl (C=O) groups is 1. The van der Waals surface area contributed by atoms with Gasteiger partial charge in [0.15, 0.2) is 0 Å². The average molecular weight is 327 g/mol. The molecule has 1 amide bonds. The highest BCUT2D eigenvalue weighted by atomic mass is 16.3. The minimum atomic E-state index is -0.832. The van der Waals surface area contributed by atoms with Crippen molar-refractivity contribution >= 4 is 5.91 Å². The van der Waals surface area contributed by atoms with Crippen LogP contribution in [0.1, 0.15) is 37.7 Å². The van der Waals surface area contributed by atoms with Gasteiger partial charge < -0.3 is 10.4 Å². The van der Waals surface area contributed by atoms with Crippen molar-refractivity contribution in [3.8, 4) is 6.07 Å². The van der Waals surface area contributed by atoms with E-state index in [0.29, 0.717) is 32.4 Å². The monoisotopic (exact) mass is 327 g/mol. The molecule has 0 spiro atoms. The second-order valence-corrected chi connectivity index (χ2v) is 7.07. The van der Waals surface area contributed by atoms with Crippen molar-refractivity contribution in [1.29, 1.82) is 5.26 Å². The van der Waals surface area contributed by atoms with Crippen LogP contribution in [0.5, 0.6) is 0 Å². The third-order valence-electron chi connectivity index (χ3n) is 5.34. The first kappa shape index (κ1) is 16.9. The normalized spacial score (nSPS) is 26.2. The number of nitrogens with zero attached hydrogens (tertiary/aromatic N) is 2. The number of rotatable bonds is 5. The summed E-state index contributed by atoms with van der Waals surface area (Å²) in [5.74, 6) is -0.136. The van der Waals surface area contributed by atoms with E-state index in [0.717, 1.165) is 19.4 Å². The van der Waals surface area contributed by atoms with Crippen LogP contribution in [-0.4, -0.2) is 41.1 Å². The summed E-state index contributed by atoms with van der Waals surface area (Å²) in [6, 6.07) is 12.5. The Morgan fingerprint density at radius 3 is 2.71 bits per heavy atom. The summed E-state index contributed by atoms with van der Waals surface area (Å²) in [7, 11) is 0. The Hall–Kier alpha value is -1.90. The van der Waals surface area contributed by atoms with Gasteiger partial charge >= 0.3 is 0 Å². The highest BCUT2D eigenvalue weighted by Gasteiger charge is 2.42. The second kappa shape index (κ2) is 7.33. The van der Waals surface area contributed by atoms with E-state index in [2.05, 4.69) is 28.4 Å². The minimum Gasteiger partial charge on any atom is -0.392 e. The Morgan fingerprint density at radius 1 is 1.33 bits per heavy atom. The lowest BCUT2D eigenvalue weighted by atomic mass is 9.87. The van der Waals surface area contributed by atoms with Gasteiger partial charge in [-0.05, 0) is 24.8 Å². The molecule has 1 saturated carbocycles. The molecule has 0 aromatic heterocycles. The fourth-order valence-electron chi connectivity index (χ4n) is 3.93. The van der Waals surface area contributed by atoms with Crippen molar-refractivity contribution in [2.75, 3.05) is 13.1 Å². The van der Waals surface area contributed by atoms with E-state index in [4.69, 9.17) is 0 Å². The molecule has 2 atom stereocenters. The quantitative estimate of drug-likeness (QED) is 0.865. The van der Waals surface area contributed by atoms with Crippen LogP contribution < -0.4 is 5.32 Å². The van der Waals surface area contributed by atoms with E-state index in [1.165, 1.54) is 5.56 Å². The van der Waals surface area contributed by atoms with Crippen LogP contribution in [0.15, 0.2) is 30.3 Å². The van der Waals surface area contributed by atoms with E-state index in [1.807, 2.05) is 18.2 Å². The Labute approximate surface area is 143 Å². The summed E-state index contributed by atoms with van der Waals surface area (Å²) >= 11 is 0. The Balaban J connectivity index is 1.59. The molecule has 2 fully saturated rings. The van der Waals surface area contributed by atoms with E-state index in [1.54, 1.807) is 0 Å². The van der Waals surface area contributed by atoms with Gasteiger partial charge in [-0.25, -0.2) is 0 Å². The van der Waals surface area contributed by atoms with E-state index in [9.17, 15) is 15.2 Å². The van der Waals surface area contributed by atoms with Crippen LogP contribution in [0.2, 0.25) is 0 Å². The van der Waals surface area contributed by atoms with Crippen molar-refractivity contribution in [2.24, 2.45) is 5.41 Å². The van der Waals surface area contributed by atoms with Crippen LogP contribution in [0, 0.1) is 16.7 Å². The van der Waals surface area contributed by atoms with Crippen molar-refractivity contribution in [1.82, 2.24) is 10.2 Å². The van der Waals surface area contributed by atoms with Crippen LogP contribution >= 0.6 is 0 Å². The van der Waals surface area contributed by atoms with Crippen molar-refractivity contribution in [3.05, 3.63) is 35.9 Å². The molecule has 3 rings (SSSR count). The Bertz CT molecular complexity index is 605. The number of benzene rings is 1. The van der Waals surface area contributed by atoms with Gasteiger partial charge in [-0.3, -0.25) is 9.69 Å². The van der Waals surface area contributed by atoms with Crippen molar-refractivity contribution < 1.29 is 9.90 Å². The summed E-state index contributed by atoms with van der Waals surface area (Å²) in [4.78, 5) is 14.7. The van der Waals surface area contributed by atoms with Gasteiger partial charge in [0.05, 0.1) is 12.2 Å². The zero-order chi connectivity index (χ0) is 17.0. The molecule has 0 bridgehead atoms. The zero-order valence-corrected chi connectivity index (χ0v) is 13.9. The summed E-state index contributed by atoms with van der Waals surface area (Å²) in [5, 5.41) is 22.4. The topological polar surface area (TPSA) is 76.4 Å². The first-order valence-electron chi connectivity index (χ1n) is 8.78. The molecule has 1 aliphatic heterocycles. The fourth-order valence-corrected chi connectivity index (χ4v) is 3.93. The maximum atomic E-state index is 12.5. The lowest BCUT2D eigenvalue weighted by Crippen LogP contribution is -2.45. The molecule has 5 heteroatoms. The van der Waals surface area contributed by atoms with Crippen molar-refractivity contribution in [3.63, 3.8) is 0 Å². The second-order valence-electron chi connectivity index (χ2n) is 7.07. The van der Waals surface area contributed by atoms with E-state index < -0.39 is 5.41 Å². The van der Waals surface area contributed by atoms with E-state index >= 15 is 0 Å². The molecule has 0 radical (unpaired) electrons. The third-order valence-corrected chi connectivity index (χ3v) is 5.34. The number of hydrogen-bond acceptors (Lipinski definition) is 4. The molecule has 128 valence electrons. The number of aliphatic hydroxyl groups is 1. The Kier molecular flexibility index (Phi) is 5.17. The number of nitriles is 1. The van der Waals surface area contributed by atoms with Gasteiger partial charge in [0.1, 0.15) is 5.41 Å². The number of likely N-dealkylation sites (tertiary alicyclic amines) is 1. The lowest BCUT2D eigenvalue weighted by molar-refractivity contribution is -0.128. The van der Waals surface area contributed by atoms with Crippen LogP contribution in [0.25, 0.3) is 0 Å². The molecule has 2 aliphatic rings. The molecule has 24 heavy (non-hydrogen) atoms. The molecule has 2 N–H and O–H groups in total. The molecule has 1 aromatic carbocycles. The third kappa shape index (κ3) is 3.61. The number of nitrogens with one attached hydrogen (secondary N) is 1. The average Bonchev–Trinajstić information content (AvgIpc) is 3.21.